The molecule has 2 fully saturated rings. The van der Waals surface area contributed by atoms with Crippen molar-refractivity contribution in [1.29, 1.82) is 0 Å². The molecular formula is C10H16FNO2. The van der Waals surface area contributed by atoms with Crippen molar-refractivity contribution in [3.05, 3.63) is 0 Å². The van der Waals surface area contributed by atoms with Crippen LogP contribution < -0.4 is 5.32 Å². The highest BCUT2D eigenvalue weighted by atomic mass is 19.1. The van der Waals surface area contributed by atoms with Gasteiger partial charge in [0.25, 0.3) is 0 Å². The van der Waals surface area contributed by atoms with Crippen molar-refractivity contribution in [3.8, 4) is 0 Å². The van der Waals surface area contributed by atoms with E-state index in [9.17, 15) is 9.18 Å². The van der Waals surface area contributed by atoms with Crippen molar-refractivity contribution in [2.45, 2.75) is 37.9 Å². The molecule has 0 aromatic carbocycles. The number of carbonyl (C=O) groups excluding carboxylic acids is 1. The summed E-state index contributed by atoms with van der Waals surface area (Å²) in [4.78, 5) is 11.6. The number of hydrogen-bond donors (Lipinski definition) is 1. The third-order valence-corrected chi connectivity index (χ3v) is 3.06. The molecule has 1 amide bonds. The largest absolute Gasteiger partial charge is 0.381 e. The zero-order valence-electron chi connectivity index (χ0n) is 8.17. The molecule has 0 aromatic heterocycles. The lowest BCUT2D eigenvalue weighted by Crippen LogP contribution is -2.41. The van der Waals surface area contributed by atoms with Crippen molar-refractivity contribution >= 4 is 5.91 Å². The average molecular weight is 201 g/mol. The Morgan fingerprint density at radius 1 is 1.36 bits per heavy atom. The van der Waals surface area contributed by atoms with Crippen molar-refractivity contribution in [2.24, 2.45) is 5.92 Å². The van der Waals surface area contributed by atoms with E-state index in [1.54, 1.807) is 0 Å². The van der Waals surface area contributed by atoms with Gasteiger partial charge in [0.15, 0.2) is 0 Å². The van der Waals surface area contributed by atoms with E-state index < -0.39 is 6.17 Å². The van der Waals surface area contributed by atoms with Gasteiger partial charge in [-0.2, -0.15) is 0 Å². The fraction of sp³-hybridized carbons (Fsp3) is 0.900. The second-order valence-corrected chi connectivity index (χ2v) is 4.12. The Hall–Kier alpha value is -0.640. The number of ether oxygens (including phenoxy) is 1. The first kappa shape index (κ1) is 9.90. The SMILES string of the molecule is O=C(NC1CCCC1F)C1CCOC1. The minimum atomic E-state index is -0.846. The number of nitrogens with one attached hydrogen (secondary N) is 1. The Kier molecular flexibility index (Phi) is 3.01. The maximum Gasteiger partial charge on any atom is 0.225 e. The quantitative estimate of drug-likeness (QED) is 0.724. The van der Waals surface area contributed by atoms with Gasteiger partial charge in [-0.05, 0) is 25.7 Å². The fourth-order valence-electron chi connectivity index (χ4n) is 2.12. The second-order valence-electron chi connectivity index (χ2n) is 4.12. The van der Waals surface area contributed by atoms with E-state index in [0.29, 0.717) is 19.6 Å². The van der Waals surface area contributed by atoms with Crippen LogP contribution in [0, 0.1) is 5.92 Å². The van der Waals surface area contributed by atoms with E-state index in [4.69, 9.17) is 4.74 Å². The Bertz CT molecular complexity index is 216. The highest BCUT2D eigenvalue weighted by molar-refractivity contribution is 5.79. The zero-order valence-corrected chi connectivity index (χ0v) is 8.17. The Labute approximate surface area is 83.0 Å². The van der Waals surface area contributed by atoms with Gasteiger partial charge in [-0.25, -0.2) is 4.39 Å². The van der Waals surface area contributed by atoms with Crippen LogP contribution in [0.2, 0.25) is 0 Å². The standard InChI is InChI=1S/C10H16FNO2/c11-8-2-1-3-9(8)12-10(13)7-4-5-14-6-7/h7-9H,1-6H2,(H,12,13). The third-order valence-electron chi connectivity index (χ3n) is 3.06. The molecular weight excluding hydrogens is 185 g/mol. The Morgan fingerprint density at radius 2 is 2.21 bits per heavy atom. The van der Waals surface area contributed by atoms with Gasteiger partial charge in [-0.1, -0.05) is 0 Å². The fourth-order valence-corrected chi connectivity index (χ4v) is 2.12. The monoisotopic (exact) mass is 201 g/mol. The van der Waals surface area contributed by atoms with Crippen LogP contribution in [0.3, 0.4) is 0 Å². The molecule has 1 N–H and O–H groups in total. The first-order valence-corrected chi connectivity index (χ1v) is 5.29. The molecule has 1 saturated heterocycles. The molecule has 2 rings (SSSR count). The van der Waals surface area contributed by atoms with Gasteiger partial charge in [0.05, 0.1) is 18.6 Å². The van der Waals surface area contributed by atoms with E-state index in [2.05, 4.69) is 5.32 Å². The Balaban J connectivity index is 1.81. The summed E-state index contributed by atoms with van der Waals surface area (Å²) in [5, 5.41) is 2.78. The molecule has 1 saturated carbocycles. The predicted molar refractivity (Wildman–Crippen MR) is 49.6 cm³/mol. The van der Waals surface area contributed by atoms with Crippen LogP contribution in [0.1, 0.15) is 25.7 Å². The van der Waals surface area contributed by atoms with Gasteiger partial charge in [0.2, 0.25) is 5.91 Å². The van der Waals surface area contributed by atoms with E-state index in [0.717, 1.165) is 19.3 Å². The molecule has 3 nitrogen and oxygen atoms in total. The molecule has 1 heterocycles. The van der Waals surface area contributed by atoms with Gasteiger partial charge in [0, 0.05) is 6.61 Å². The van der Waals surface area contributed by atoms with Gasteiger partial charge in [-0.15, -0.1) is 0 Å². The van der Waals surface area contributed by atoms with Crippen molar-refractivity contribution in [3.63, 3.8) is 0 Å². The number of amides is 1. The third kappa shape index (κ3) is 2.05. The normalized spacial score (nSPS) is 37.4. The number of hydrogen-bond acceptors (Lipinski definition) is 2. The van der Waals surface area contributed by atoms with Crippen LogP contribution in [0.4, 0.5) is 4.39 Å². The molecule has 14 heavy (non-hydrogen) atoms. The van der Waals surface area contributed by atoms with Crippen LogP contribution in [-0.2, 0) is 9.53 Å². The molecule has 3 unspecified atom stereocenters. The summed E-state index contributed by atoms with van der Waals surface area (Å²) in [5.74, 6) is -0.0835. The van der Waals surface area contributed by atoms with E-state index in [1.807, 2.05) is 0 Å². The van der Waals surface area contributed by atoms with E-state index in [1.165, 1.54) is 0 Å². The van der Waals surface area contributed by atoms with Crippen molar-refractivity contribution < 1.29 is 13.9 Å². The number of halogens is 1. The Morgan fingerprint density at radius 3 is 2.79 bits per heavy atom. The molecule has 0 aromatic rings. The lowest BCUT2D eigenvalue weighted by atomic mass is 10.1. The van der Waals surface area contributed by atoms with Crippen LogP contribution in [0.5, 0.6) is 0 Å². The summed E-state index contributed by atoms with van der Waals surface area (Å²) in [6, 6.07) is -0.247. The van der Waals surface area contributed by atoms with Crippen molar-refractivity contribution in [1.82, 2.24) is 5.32 Å². The number of carbonyl (C=O) groups is 1. The molecule has 0 bridgehead atoms. The van der Waals surface area contributed by atoms with E-state index in [-0.39, 0.29) is 17.9 Å². The maximum absolute atomic E-state index is 13.2. The summed E-state index contributed by atoms with van der Waals surface area (Å²) >= 11 is 0. The minimum Gasteiger partial charge on any atom is -0.381 e. The predicted octanol–water partition coefficient (Wildman–Crippen LogP) is 1.03. The summed E-state index contributed by atoms with van der Waals surface area (Å²) in [6.45, 7) is 1.15. The minimum absolute atomic E-state index is 0.0305. The molecule has 1 aliphatic carbocycles. The molecule has 0 spiro atoms. The lowest BCUT2D eigenvalue weighted by Gasteiger charge is -2.17. The highest BCUT2D eigenvalue weighted by Crippen LogP contribution is 2.23. The first-order valence-electron chi connectivity index (χ1n) is 5.29. The van der Waals surface area contributed by atoms with E-state index >= 15 is 0 Å². The molecule has 1 aliphatic heterocycles. The van der Waals surface area contributed by atoms with Crippen LogP contribution >= 0.6 is 0 Å². The maximum atomic E-state index is 13.2. The highest BCUT2D eigenvalue weighted by Gasteiger charge is 2.31. The average Bonchev–Trinajstić information content (AvgIpc) is 2.77. The van der Waals surface area contributed by atoms with Gasteiger partial charge >= 0.3 is 0 Å². The van der Waals surface area contributed by atoms with Crippen LogP contribution in [-0.4, -0.2) is 31.3 Å². The lowest BCUT2D eigenvalue weighted by molar-refractivity contribution is -0.126. The van der Waals surface area contributed by atoms with Crippen molar-refractivity contribution in [2.75, 3.05) is 13.2 Å². The van der Waals surface area contributed by atoms with Crippen LogP contribution in [0.25, 0.3) is 0 Å². The number of rotatable bonds is 2. The molecule has 2 aliphatic rings. The van der Waals surface area contributed by atoms with Gasteiger partial charge in [-0.3, -0.25) is 4.79 Å². The summed E-state index contributed by atoms with van der Waals surface area (Å²) < 4.78 is 18.3. The molecule has 4 heteroatoms. The van der Waals surface area contributed by atoms with Crippen LogP contribution in [0.15, 0.2) is 0 Å². The first-order chi connectivity index (χ1) is 6.77. The second kappa shape index (κ2) is 4.26. The van der Waals surface area contributed by atoms with Gasteiger partial charge in [0.1, 0.15) is 6.17 Å². The molecule has 3 atom stereocenters. The summed E-state index contributed by atoms with van der Waals surface area (Å²) in [5.41, 5.74) is 0. The van der Waals surface area contributed by atoms with Gasteiger partial charge < -0.3 is 10.1 Å². The number of alkyl halides is 1. The summed E-state index contributed by atoms with van der Waals surface area (Å²) in [7, 11) is 0. The molecule has 0 radical (unpaired) electrons. The summed E-state index contributed by atoms with van der Waals surface area (Å²) in [6.07, 6.45) is 2.18. The zero-order chi connectivity index (χ0) is 9.97. The smallest absolute Gasteiger partial charge is 0.225 e. The molecule has 80 valence electrons. The topological polar surface area (TPSA) is 38.3 Å².